The van der Waals surface area contributed by atoms with Crippen LogP contribution in [-0.4, -0.2) is 6.10 Å². The Morgan fingerprint density at radius 2 is 1.74 bits per heavy atom. The molecule has 0 heterocycles. The van der Waals surface area contributed by atoms with Gasteiger partial charge in [-0.05, 0) is 37.0 Å². The number of ether oxygens (including phenoxy) is 1. The van der Waals surface area contributed by atoms with Gasteiger partial charge in [0, 0.05) is 16.5 Å². The van der Waals surface area contributed by atoms with Crippen LogP contribution in [0.4, 0.5) is 0 Å². The van der Waals surface area contributed by atoms with E-state index in [9.17, 15) is 0 Å². The second-order valence-corrected chi connectivity index (χ2v) is 7.44. The molecule has 0 amide bonds. The van der Waals surface area contributed by atoms with Crippen molar-refractivity contribution in [3.63, 3.8) is 0 Å². The van der Waals surface area contributed by atoms with Gasteiger partial charge in [-0.2, -0.15) is 0 Å². The summed E-state index contributed by atoms with van der Waals surface area (Å²) in [5.41, 5.74) is 1.05. The van der Waals surface area contributed by atoms with Crippen LogP contribution < -0.4 is 4.74 Å². The number of benzene rings is 1. The SMILES string of the molecule is C=CCC(Oc1ccc(Br)cc1C=C)C1CCCCCCCC1. The molecule has 0 saturated heterocycles. The van der Waals surface area contributed by atoms with Crippen LogP contribution in [0.5, 0.6) is 5.75 Å². The molecule has 1 aromatic rings. The summed E-state index contributed by atoms with van der Waals surface area (Å²) < 4.78 is 7.50. The summed E-state index contributed by atoms with van der Waals surface area (Å²) in [5.74, 6) is 1.57. The fraction of sp³-hybridized carbons (Fsp3) is 0.524. The van der Waals surface area contributed by atoms with Crippen LogP contribution in [0.3, 0.4) is 0 Å². The molecule has 1 aliphatic carbocycles. The lowest BCUT2D eigenvalue weighted by molar-refractivity contribution is 0.121. The molecule has 1 unspecified atom stereocenters. The lowest BCUT2D eigenvalue weighted by atomic mass is 9.89. The summed E-state index contributed by atoms with van der Waals surface area (Å²) in [7, 11) is 0. The molecule has 126 valence electrons. The van der Waals surface area contributed by atoms with E-state index in [-0.39, 0.29) is 6.10 Å². The summed E-state index contributed by atoms with van der Waals surface area (Å²) in [6, 6.07) is 6.15. The zero-order valence-corrected chi connectivity index (χ0v) is 15.7. The van der Waals surface area contributed by atoms with Crippen molar-refractivity contribution in [3.8, 4) is 5.75 Å². The molecule has 1 atom stereocenters. The van der Waals surface area contributed by atoms with Crippen molar-refractivity contribution < 1.29 is 4.74 Å². The standard InChI is InChI=1S/C21H29BrO/c1-3-11-20(18-12-9-7-5-6-8-10-13-18)23-21-15-14-19(22)16-17(21)4-2/h3-4,14-16,18,20H,1-2,5-13H2. The van der Waals surface area contributed by atoms with Gasteiger partial charge in [0.25, 0.3) is 0 Å². The monoisotopic (exact) mass is 376 g/mol. The first-order chi connectivity index (χ1) is 11.2. The minimum Gasteiger partial charge on any atom is -0.489 e. The van der Waals surface area contributed by atoms with Crippen molar-refractivity contribution in [2.24, 2.45) is 5.92 Å². The quantitative estimate of drug-likeness (QED) is 0.478. The molecule has 2 rings (SSSR count). The molecule has 23 heavy (non-hydrogen) atoms. The van der Waals surface area contributed by atoms with E-state index in [1.165, 1.54) is 51.4 Å². The van der Waals surface area contributed by atoms with Crippen LogP contribution in [0, 0.1) is 5.92 Å². The fourth-order valence-corrected chi connectivity index (χ4v) is 3.87. The van der Waals surface area contributed by atoms with Crippen molar-refractivity contribution >= 4 is 22.0 Å². The fourth-order valence-electron chi connectivity index (χ4n) is 3.49. The van der Waals surface area contributed by atoms with Crippen molar-refractivity contribution in [2.45, 2.75) is 63.9 Å². The van der Waals surface area contributed by atoms with E-state index < -0.39 is 0 Å². The Hall–Kier alpha value is -1.02. The van der Waals surface area contributed by atoms with Crippen LogP contribution in [-0.2, 0) is 0 Å². The average Bonchev–Trinajstić information content (AvgIpc) is 2.69. The van der Waals surface area contributed by atoms with Gasteiger partial charge >= 0.3 is 0 Å². The zero-order chi connectivity index (χ0) is 16.5. The molecule has 0 aromatic heterocycles. The molecular formula is C21H29BrO. The van der Waals surface area contributed by atoms with Crippen molar-refractivity contribution in [1.82, 2.24) is 0 Å². The number of rotatable bonds is 6. The predicted octanol–water partition coefficient (Wildman–Crippen LogP) is 7.17. The molecule has 1 aromatic carbocycles. The molecule has 1 nitrogen and oxygen atoms in total. The van der Waals surface area contributed by atoms with Gasteiger partial charge < -0.3 is 4.74 Å². The first kappa shape index (κ1) is 18.3. The van der Waals surface area contributed by atoms with E-state index in [0.29, 0.717) is 5.92 Å². The highest BCUT2D eigenvalue weighted by Crippen LogP contribution is 2.31. The van der Waals surface area contributed by atoms with E-state index in [0.717, 1.165) is 22.2 Å². The largest absolute Gasteiger partial charge is 0.489 e. The zero-order valence-electron chi connectivity index (χ0n) is 14.1. The Bertz CT molecular complexity index is 499. The van der Waals surface area contributed by atoms with E-state index >= 15 is 0 Å². The van der Waals surface area contributed by atoms with Gasteiger partial charge in [0.2, 0.25) is 0 Å². The third kappa shape index (κ3) is 5.84. The van der Waals surface area contributed by atoms with Crippen LogP contribution >= 0.6 is 15.9 Å². The normalized spacial score (nSPS) is 18.3. The summed E-state index contributed by atoms with van der Waals surface area (Å²) in [6.07, 6.45) is 15.8. The highest BCUT2D eigenvalue weighted by molar-refractivity contribution is 9.10. The first-order valence-corrected chi connectivity index (χ1v) is 9.73. The second-order valence-electron chi connectivity index (χ2n) is 6.53. The third-order valence-electron chi connectivity index (χ3n) is 4.79. The number of halogens is 1. The number of hydrogen-bond donors (Lipinski definition) is 0. The van der Waals surface area contributed by atoms with Crippen LogP contribution in [0.1, 0.15) is 63.4 Å². The first-order valence-electron chi connectivity index (χ1n) is 8.94. The van der Waals surface area contributed by atoms with Gasteiger partial charge in [-0.25, -0.2) is 0 Å². The molecular weight excluding hydrogens is 348 g/mol. The molecule has 0 radical (unpaired) electrons. The molecule has 0 aliphatic heterocycles. The summed E-state index contributed by atoms with van der Waals surface area (Å²) in [4.78, 5) is 0. The smallest absolute Gasteiger partial charge is 0.127 e. The maximum atomic E-state index is 6.45. The van der Waals surface area contributed by atoms with Crippen LogP contribution in [0.15, 0.2) is 41.9 Å². The van der Waals surface area contributed by atoms with Gasteiger partial charge in [-0.3, -0.25) is 0 Å². The van der Waals surface area contributed by atoms with Crippen LogP contribution in [0.2, 0.25) is 0 Å². The van der Waals surface area contributed by atoms with Crippen molar-refractivity contribution in [3.05, 3.63) is 47.5 Å². The van der Waals surface area contributed by atoms with Crippen molar-refractivity contribution in [1.29, 1.82) is 0 Å². The van der Waals surface area contributed by atoms with E-state index in [2.05, 4.69) is 35.2 Å². The molecule has 1 aliphatic rings. The Labute approximate surface area is 150 Å². The highest BCUT2D eigenvalue weighted by atomic mass is 79.9. The highest BCUT2D eigenvalue weighted by Gasteiger charge is 2.23. The Morgan fingerprint density at radius 3 is 2.35 bits per heavy atom. The molecule has 0 bridgehead atoms. The lowest BCUT2D eigenvalue weighted by Crippen LogP contribution is -2.27. The Balaban J connectivity index is 2.13. The van der Waals surface area contributed by atoms with E-state index in [4.69, 9.17) is 4.74 Å². The van der Waals surface area contributed by atoms with Gasteiger partial charge in [0.1, 0.15) is 11.9 Å². The average molecular weight is 377 g/mol. The van der Waals surface area contributed by atoms with Gasteiger partial charge in [-0.15, -0.1) is 6.58 Å². The van der Waals surface area contributed by atoms with Gasteiger partial charge in [-0.1, -0.05) is 73.2 Å². The maximum absolute atomic E-state index is 6.45. The van der Waals surface area contributed by atoms with Gasteiger partial charge in [0.05, 0.1) is 0 Å². The Morgan fingerprint density at radius 1 is 1.09 bits per heavy atom. The van der Waals surface area contributed by atoms with Gasteiger partial charge in [0.15, 0.2) is 0 Å². The molecule has 2 heteroatoms. The predicted molar refractivity (Wildman–Crippen MR) is 104 cm³/mol. The molecule has 1 fully saturated rings. The molecule has 0 spiro atoms. The second kappa shape index (κ2) is 9.97. The van der Waals surface area contributed by atoms with E-state index in [1.54, 1.807) is 0 Å². The minimum atomic E-state index is 0.227. The van der Waals surface area contributed by atoms with E-state index in [1.807, 2.05) is 24.3 Å². The summed E-state index contributed by atoms with van der Waals surface area (Å²) in [5, 5.41) is 0. The maximum Gasteiger partial charge on any atom is 0.127 e. The topological polar surface area (TPSA) is 9.23 Å². The van der Waals surface area contributed by atoms with Crippen LogP contribution in [0.25, 0.3) is 6.08 Å². The molecule has 1 saturated carbocycles. The Kier molecular flexibility index (Phi) is 7.94. The number of hydrogen-bond acceptors (Lipinski definition) is 1. The lowest BCUT2D eigenvalue weighted by Gasteiger charge is -2.28. The van der Waals surface area contributed by atoms with Crippen molar-refractivity contribution in [2.75, 3.05) is 0 Å². The third-order valence-corrected chi connectivity index (χ3v) is 5.29. The molecule has 0 N–H and O–H groups in total. The minimum absolute atomic E-state index is 0.227. The summed E-state index contributed by atoms with van der Waals surface area (Å²) in [6.45, 7) is 7.86. The summed E-state index contributed by atoms with van der Waals surface area (Å²) >= 11 is 3.52.